The molecule has 3 rings (SSSR count). The Bertz CT molecular complexity index is 1040. The Balaban J connectivity index is 1.69. The number of carboxylic acids is 1. The Morgan fingerprint density at radius 3 is 2.48 bits per heavy atom. The van der Waals surface area contributed by atoms with E-state index in [0.29, 0.717) is 25.5 Å². The van der Waals surface area contributed by atoms with Gasteiger partial charge in [0.25, 0.3) is 0 Å². The minimum atomic E-state index is -0.944. The predicted molar refractivity (Wildman–Crippen MR) is 128 cm³/mol. The number of oxazole rings is 1. The highest BCUT2D eigenvalue weighted by Gasteiger charge is 2.28. The maximum Gasteiger partial charge on any atom is 0.333 e. The van der Waals surface area contributed by atoms with Crippen molar-refractivity contribution in [2.24, 2.45) is 0 Å². The minimum absolute atomic E-state index is 0.259. The van der Waals surface area contributed by atoms with Crippen molar-refractivity contribution in [3.05, 3.63) is 71.1 Å². The van der Waals surface area contributed by atoms with Gasteiger partial charge in [0.15, 0.2) is 6.10 Å². The van der Waals surface area contributed by atoms with Crippen LogP contribution >= 0.6 is 0 Å². The Hall–Kier alpha value is -3.12. The molecule has 6 heteroatoms. The number of ether oxygens (including phenoxy) is 2. The number of carboxylic acid groups (broad SMARTS) is 1. The Kier molecular flexibility index (Phi) is 8.66. The molecule has 33 heavy (non-hydrogen) atoms. The monoisotopic (exact) mass is 451 g/mol. The van der Waals surface area contributed by atoms with Gasteiger partial charge < -0.3 is 19.0 Å². The Labute approximate surface area is 195 Å². The first-order valence-corrected chi connectivity index (χ1v) is 11.6. The zero-order valence-electron chi connectivity index (χ0n) is 19.8. The fourth-order valence-electron chi connectivity index (χ4n) is 4.02. The first-order valence-electron chi connectivity index (χ1n) is 11.6. The van der Waals surface area contributed by atoms with Gasteiger partial charge in [0.2, 0.25) is 5.89 Å². The van der Waals surface area contributed by atoms with Gasteiger partial charge in [-0.05, 0) is 48.7 Å². The van der Waals surface area contributed by atoms with Crippen LogP contribution in [0.2, 0.25) is 0 Å². The van der Waals surface area contributed by atoms with Crippen LogP contribution in [0.3, 0.4) is 0 Å². The van der Waals surface area contributed by atoms with Crippen LogP contribution in [-0.4, -0.2) is 35.4 Å². The fraction of sp³-hybridized carbons (Fsp3) is 0.407. The van der Waals surface area contributed by atoms with Crippen LogP contribution in [0, 0.1) is 0 Å². The van der Waals surface area contributed by atoms with Crippen molar-refractivity contribution in [2.75, 3.05) is 13.2 Å². The van der Waals surface area contributed by atoms with Crippen molar-refractivity contribution in [3.8, 4) is 17.2 Å². The third-order valence-corrected chi connectivity index (χ3v) is 5.76. The molecule has 1 heterocycles. The standard InChI is InChI=1S/C27H33NO5/c1-5-19-17-21(13-14-22(19)18(4)25(27(29)30)31-7-3)32-16-15-23-24(6-2)33-26(28-23)20-11-9-8-10-12-20/h8-14,17-18,25H,5-7,15-16H2,1-4H3,(H,29,30). The topological polar surface area (TPSA) is 81.8 Å². The summed E-state index contributed by atoms with van der Waals surface area (Å²) in [6.07, 6.45) is 1.32. The number of benzene rings is 2. The quantitative estimate of drug-likeness (QED) is 0.381. The summed E-state index contributed by atoms with van der Waals surface area (Å²) in [6.45, 7) is 8.65. The Morgan fingerprint density at radius 1 is 1.09 bits per heavy atom. The second-order valence-electron chi connectivity index (χ2n) is 7.92. The number of hydrogen-bond acceptors (Lipinski definition) is 5. The first kappa shape index (κ1) is 24.5. The molecule has 2 atom stereocenters. The molecular weight excluding hydrogens is 418 g/mol. The average molecular weight is 452 g/mol. The number of hydrogen-bond donors (Lipinski definition) is 1. The van der Waals surface area contributed by atoms with E-state index in [2.05, 4.69) is 13.8 Å². The summed E-state index contributed by atoms with van der Waals surface area (Å²) in [6, 6.07) is 15.7. The van der Waals surface area contributed by atoms with Crippen LogP contribution in [0.4, 0.5) is 0 Å². The molecular formula is C27H33NO5. The summed E-state index contributed by atoms with van der Waals surface area (Å²) in [5, 5.41) is 9.53. The van der Waals surface area contributed by atoms with Crippen molar-refractivity contribution in [1.29, 1.82) is 0 Å². The van der Waals surface area contributed by atoms with Gasteiger partial charge in [0.1, 0.15) is 11.5 Å². The zero-order chi connectivity index (χ0) is 23.8. The maximum atomic E-state index is 11.6. The highest BCUT2D eigenvalue weighted by atomic mass is 16.5. The van der Waals surface area contributed by atoms with E-state index in [1.54, 1.807) is 0 Å². The lowest BCUT2D eigenvalue weighted by Crippen LogP contribution is -2.30. The van der Waals surface area contributed by atoms with Crippen LogP contribution in [0.15, 0.2) is 52.9 Å². The lowest BCUT2D eigenvalue weighted by Gasteiger charge is -2.23. The van der Waals surface area contributed by atoms with Gasteiger partial charge in [-0.1, -0.05) is 45.0 Å². The van der Waals surface area contributed by atoms with Crippen molar-refractivity contribution < 1.29 is 23.8 Å². The summed E-state index contributed by atoms with van der Waals surface area (Å²) in [7, 11) is 0. The van der Waals surface area contributed by atoms with Gasteiger partial charge in [-0.2, -0.15) is 0 Å². The van der Waals surface area contributed by atoms with Gasteiger partial charge in [-0.25, -0.2) is 9.78 Å². The van der Waals surface area contributed by atoms with Crippen molar-refractivity contribution >= 4 is 5.97 Å². The molecule has 0 saturated carbocycles. The summed E-state index contributed by atoms with van der Waals surface area (Å²) in [5.74, 6) is 1.07. The van der Waals surface area contributed by atoms with Crippen LogP contribution in [0.25, 0.3) is 11.5 Å². The van der Waals surface area contributed by atoms with Gasteiger partial charge in [-0.3, -0.25) is 0 Å². The zero-order valence-corrected chi connectivity index (χ0v) is 19.8. The number of nitrogens with zero attached hydrogens (tertiary/aromatic N) is 1. The number of rotatable bonds is 12. The molecule has 2 unspecified atom stereocenters. The van der Waals surface area contributed by atoms with Crippen LogP contribution in [0.1, 0.15) is 56.2 Å². The van der Waals surface area contributed by atoms with Gasteiger partial charge >= 0.3 is 5.97 Å². The van der Waals surface area contributed by atoms with E-state index in [4.69, 9.17) is 18.9 Å². The van der Waals surface area contributed by atoms with Crippen molar-refractivity contribution in [3.63, 3.8) is 0 Å². The molecule has 6 nitrogen and oxygen atoms in total. The van der Waals surface area contributed by atoms with E-state index < -0.39 is 12.1 Å². The Morgan fingerprint density at radius 2 is 1.85 bits per heavy atom. The van der Waals surface area contributed by atoms with Gasteiger partial charge in [-0.15, -0.1) is 0 Å². The van der Waals surface area contributed by atoms with Gasteiger partial charge in [0.05, 0.1) is 12.3 Å². The number of aryl methyl sites for hydroxylation is 2. The predicted octanol–water partition coefficient (Wildman–Crippen LogP) is 5.68. The summed E-state index contributed by atoms with van der Waals surface area (Å²) >= 11 is 0. The molecule has 3 aromatic rings. The fourth-order valence-corrected chi connectivity index (χ4v) is 4.02. The van der Waals surface area contributed by atoms with Crippen molar-refractivity contribution in [2.45, 2.75) is 59.0 Å². The van der Waals surface area contributed by atoms with E-state index in [0.717, 1.165) is 46.7 Å². The molecule has 0 amide bonds. The lowest BCUT2D eigenvalue weighted by molar-refractivity contribution is -0.151. The molecule has 0 aliphatic heterocycles. The highest BCUT2D eigenvalue weighted by molar-refractivity contribution is 5.74. The molecule has 0 bridgehead atoms. The van der Waals surface area contributed by atoms with Gasteiger partial charge in [0, 0.05) is 30.9 Å². The molecule has 0 saturated heterocycles. The smallest absolute Gasteiger partial charge is 0.333 e. The summed E-state index contributed by atoms with van der Waals surface area (Å²) < 4.78 is 17.5. The molecule has 0 spiro atoms. The van der Waals surface area contributed by atoms with Crippen LogP contribution in [0.5, 0.6) is 5.75 Å². The van der Waals surface area contributed by atoms with Crippen molar-refractivity contribution in [1.82, 2.24) is 4.98 Å². The number of carbonyl (C=O) groups is 1. The highest BCUT2D eigenvalue weighted by Crippen LogP contribution is 2.29. The lowest BCUT2D eigenvalue weighted by atomic mass is 9.90. The SMILES string of the molecule is CCOC(C(=O)O)C(C)c1ccc(OCCc2nc(-c3ccccc3)oc2CC)cc1CC. The third-order valence-electron chi connectivity index (χ3n) is 5.76. The first-order chi connectivity index (χ1) is 16.0. The van der Waals surface area contributed by atoms with E-state index >= 15 is 0 Å². The normalized spacial score (nSPS) is 13.0. The van der Waals surface area contributed by atoms with E-state index in [1.807, 2.05) is 62.4 Å². The van der Waals surface area contributed by atoms with Crippen LogP contribution < -0.4 is 4.74 Å². The second-order valence-corrected chi connectivity index (χ2v) is 7.92. The average Bonchev–Trinajstić information content (AvgIpc) is 3.25. The maximum absolute atomic E-state index is 11.6. The molecule has 0 fully saturated rings. The van der Waals surface area contributed by atoms with E-state index in [1.165, 1.54) is 0 Å². The third kappa shape index (κ3) is 6.02. The minimum Gasteiger partial charge on any atom is -0.493 e. The summed E-state index contributed by atoms with van der Waals surface area (Å²) in [5.41, 5.74) is 3.91. The number of aliphatic carboxylic acids is 1. The molecule has 1 aromatic heterocycles. The van der Waals surface area contributed by atoms with E-state index in [-0.39, 0.29) is 5.92 Å². The molecule has 176 valence electrons. The molecule has 2 aromatic carbocycles. The molecule has 0 aliphatic carbocycles. The molecule has 0 aliphatic rings. The number of aromatic nitrogens is 1. The van der Waals surface area contributed by atoms with E-state index in [9.17, 15) is 9.90 Å². The largest absolute Gasteiger partial charge is 0.493 e. The molecule has 1 N–H and O–H groups in total. The second kappa shape index (κ2) is 11.7. The summed E-state index contributed by atoms with van der Waals surface area (Å²) in [4.78, 5) is 16.3. The van der Waals surface area contributed by atoms with Crippen LogP contribution in [-0.2, 0) is 28.8 Å². The molecule has 0 radical (unpaired) electrons.